The highest BCUT2D eigenvalue weighted by molar-refractivity contribution is 6.42. The first-order valence-corrected chi connectivity index (χ1v) is 10.9. The summed E-state index contributed by atoms with van der Waals surface area (Å²) in [6.07, 6.45) is 0. The van der Waals surface area contributed by atoms with Gasteiger partial charge in [0.25, 0.3) is 0 Å². The third-order valence-electron chi connectivity index (χ3n) is 5.40. The zero-order valence-corrected chi connectivity index (χ0v) is 18.5. The lowest BCUT2D eigenvalue weighted by molar-refractivity contribution is 0.105. The Morgan fingerprint density at radius 3 is 1.52 bits per heavy atom. The van der Waals surface area contributed by atoms with Gasteiger partial charge < -0.3 is 0 Å². The van der Waals surface area contributed by atoms with Crippen molar-refractivity contribution in [2.45, 2.75) is 0 Å². The van der Waals surface area contributed by atoms with Crippen LogP contribution in [0.5, 0.6) is 0 Å². The van der Waals surface area contributed by atoms with Gasteiger partial charge in [0.1, 0.15) is 0 Å². The van der Waals surface area contributed by atoms with Gasteiger partial charge in [-0.05, 0) is 76.3 Å². The molecule has 0 unspecified atom stereocenters. The molecule has 0 bridgehead atoms. The van der Waals surface area contributed by atoms with Crippen molar-refractivity contribution in [2.24, 2.45) is 0 Å². The second kappa shape index (κ2) is 8.01. The molecule has 150 valence electrons. The van der Waals surface area contributed by atoms with Gasteiger partial charge in [-0.15, -0.1) is 0 Å². The van der Waals surface area contributed by atoms with Gasteiger partial charge in [-0.1, -0.05) is 77.3 Å². The van der Waals surface area contributed by atoms with Crippen LogP contribution in [0, 0.1) is 0 Å². The molecule has 0 aliphatic heterocycles. The summed E-state index contributed by atoms with van der Waals surface area (Å²) in [5.74, 6) is -0.0233. The van der Waals surface area contributed by atoms with E-state index >= 15 is 0 Å². The second-order valence-corrected chi connectivity index (χ2v) is 8.68. The van der Waals surface area contributed by atoms with Crippen LogP contribution in [0.15, 0.2) is 91.0 Å². The van der Waals surface area contributed by atoms with Crippen LogP contribution in [0.4, 0.5) is 0 Å². The maximum atomic E-state index is 13.5. The average molecular weight is 462 g/mol. The van der Waals surface area contributed by atoms with Crippen molar-refractivity contribution < 1.29 is 4.79 Å². The van der Waals surface area contributed by atoms with E-state index in [4.69, 9.17) is 34.8 Å². The molecule has 0 aromatic heterocycles. The minimum Gasteiger partial charge on any atom is -0.289 e. The maximum Gasteiger partial charge on any atom is 0.194 e. The van der Waals surface area contributed by atoms with E-state index in [0.29, 0.717) is 26.2 Å². The number of ketones is 1. The molecule has 0 radical (unpaired) electrons. The van der Waals surface area contributed by atoms with Crippen molar-refractivity contribution in [1.29, 1.82) is 0 Å². The first-order valence-electron chi connectivity index (χ1n) is 9.72. The van der Waals surface area contributed by atoms with Crippen LogP contribution in [0.25, 0.3) is 22.3 Å². The summed E-state index contributed by atoms with van der Waals surface area (Å²) < 4.78 is 0. The summed E-state index contributed by atoms with van der Waals surface area (Å²) in [6.45, 7) is 0. The van der Waals surface area contributed by atoms with Crippen molar-refractivity contribution in [2.75, 3.05) is 0 Å². The zero-order chi connectivity index (χ0) is 21.5. The normalized spacial score (nSPS) is 12.9. The van der Waals surface area contributed by atoms with Gasteiger partial charge in [0.2, 0.25) is 0 Å². The third-order valence-corrected chi connectivity index (χ3v) is 6.10. The number of benzene rings is 4. The molecule has 0 saturated heterocycles. The van der Waals surface area contributed by atoms with Gasteiger partial charge in [-0.2, -0.15) is 0 Å². The summed E-state index contributed by atoms with van der Waals surface area (Å²) in [5, 5.41) is 1.86. The summed E-state index contributed by atoms with van der Waals surface area (Å²) in [7, 11) is 0. The summed E-state index contributed by atoms with van der Waals surface area (Å²) in [4.78, 5) is 13.5. The predicted octanol–water partition coefficient (Wildman–Crippen LogP) is 8.47. The SMILES string of the molecule is O=C1C(c2cccc(Cl)c2)=C(c2cccc(Cl)c2)c2cc(-c3cccc(Cl)c3)ccc21. The second-order valence-electron chi connectivity index (χ2n) is 7.37. The van der Waals surface area contributed by atoms with Crippen LogP contribution in [0.1, 0.15) is 27.0 Å². The molecule has 0 saturated carbocycles. The Labute approximate surface area is 195 Å². The van der Waals surface area contributed by atoms with E-state index in [9.17, 15) is 4.79 Å². The van der Waals surface area contributed by atoms with Crippen LogP contribution in [0.3, 0.4) is 0 Å². The van der Waals surface area contributed by atoms with E-state index < -0.39 is 0 Å². The molecule has 0 atom stereocenters. The van der Waals surface area contributed by atoms with Crippen molar-refractivity contribution in [3.63, 3.8) is 0 Å². The smallest absolute Gasteiger partial charge is 0.194 e. The highest BCUT2D eigenvalue weighted by atomic mass is 35.5. The van der Waals surface area contributed by atoms with Gasteiger partial charge in [0.05, 0.1) is 0 Å². The number of carbonyl (C=O) groups excluding carboxylic acids is 1. The molecule has 0 amide bonds. The molecular weight excluding hydrogens is 447 g/mol. The summed E-state index contributed by atoms with van der Waals surface area (Å²) in [6, 6.07) is 28.5. The number of hydrogen-bond donors (Lipinski definition) is 0. The number of rotatable bonds is 3. The fourth-order valence-corrected chi connectivity index (χ4v) is 4.61. The van der Waals surface area contributed by atoms with Crippen LogP contribution >= 0.6 is 34.8 Å². The molecule has 0 N–H and O–H groups in total. The van der Waals surface area contributed by atoms with Crippen LogP contribution in [0.2, 0.25) is 15.1 Å². The Balaban J connectivity index is 1.79. The van der Waals surface area contributed by atoms with Crippen LogP contribution in [-0.4, -0.2) is 5.78 Å². The van der Waals surface area contributed by atoms with E-state index in [2.05, 4.69) is 0 Å². The fourth-order valence-electron chi connectivity index (χ4n) is 4.04. The van der Waals surface area contributed by atoms with Crippen molar-refractivity contribution >= 4 is 51.7 Å². The lowest BCUT2D eigenvalue weighted by atomic mass is 9.93. The topological polar surface area (TPSA) is 17.1 Å². The molecule has 4 aromatic carbocycles. The number of fused-ring (bicyclic) bond motifs is 1. The van der Waals surface area contributed by atoms with Gasteiger partial charge >= 0.3 is 0 Å². The highest BCUT2D eigenvalue weighted by Crippen LogP contribution is 2.44. The first kappa shape index (κ1) is 20.1. The standard InChI is InChI=1S/C27H15Cl3O/c28-20-7-1-4-16(12-20)17-10-11-23-24(15-17)25(18-5-2-8-21(29)13-18)26(27(23)31)19-6-3-9-22(30)14-19/h1-15H. The lowest BCUT2D eigenvalue weighted by Gasteiger charge is -2.11. The molecule has 1 aliphatic carbocycles. The molecule has 1 aliphatic rings. The van der Waals surface area contributed by atoms with Gasteiger partial charge in [-0.25, -0.2) is 0 Å². The average Bonchev–Trinajstić information content (AvgIpc) is 3.05. The Bertz CT molecular complexity index is 1380. The molecule has 31 heavy (non-hydrogen) atoms. The van der Waals surface area contributed by atoms with E-state index in [1.165, 1.54) is 0 Å². The lowest BCUT2D eigenvalue weighted by Crippen LogP contribution is -1.98. The van der Waals surface area contributed by atoms with E-state index in [-0.39, 0.29) is 5.78 Å². The largest absolute Gasteiger partial charge is 0.289 e. The minimum absolute atomic E-state index is 0.0233. The molecule has 5 rings (SSSR count). The molecule has 0 fully saturated rings. The van der Waals surface area contributed by atoms with E-state index in [1.807, 2.05) is 84.9 Å². The molecular formula is C27H15Cl3O. The fraction of sp³-hybridized carbons (Fsp3) is 0. The molecule has 0 heterocycles. The van der Waals surface area contributed by atoms with Gasteiger partial charge in [-0.3, -0.25) is 4.79 Å². The first-order chi connectivity index (χ1) is 15.0. The predicted molar refractivity (Wildman–Crippen MR) is 130 cm³/mol. The maximum absolute atomic E-state index is 13.5. The van der Waals surface area contributed by atoms with Gasteiger partial charge in [0.15, 0.2) is 5.78 Å². The number of carbonyl (C=O) groups is 1. The molecule has 1 nitrogen and oxygen atoms in total. The minimum atomic E-state index is -0.0233. The van der Waals surface area contributed by atoms with Crippen molar-refractivity contribution in [3.05, 3.63) is 128 Å². The number of Topliss-reactive ketones (excluding diaryl/α,β-unsaturated/α-hetero) is 1. The van der Waals surface area contributed by atoms with Crippen molar-refractivity contribution in [3.8, 4) is 11.1 Å². The van der Waals surface area contributed by atoms with E-state index in [0.717, 1.165) is 33.4 Å². The number of allylic oxidation sites excluding steroid dienone is 1. The Morgan fingerprint density at radius 1 is 0.452 bits per heavy atom. The third kappa shape index (κ3) is 3.70. The van der Waals surface area contributed by atoms with Crippen molar-refractivity contribution in [1.82, 2.24) is 0 Å². The van der Waals surface area contributed by atoms with Crippen LogP contribution < -0.4 is 0 Å². The summed E-state index contributed by atoms with van der Waals surface area (Å²) in [5.41, 5.74) is 6.67. The molecule has 4 aromatic rings. The summed E-state index contributed by atoms with van der Waals surface area (Å²) >= 11 is 18.8. The highest BCUT2D eigenvalue weighted by Gasteiger charge is 2.32. The molecule has 4 heteroatoms. The van der Waals surface area contributed by atoms with Crippen LogP contribution in [-0.2, 0) is 0 Å². The van der Waals surface area contributed by atoms with Gasteiger partial charge in [0, 0.05) is 31.8 Å². The number of halogens is 3. The molecule has 0 spiro atoms. The quantitative estimate of drug-likeness (QED) is 0.299. The monoisotopic (exact) mass is 460 g/mol. The Kier molecular flexibility index (Phi) is 5.19. The Hall–Kier alpha value is -2.84. The van der Waals surface area contributed by atoms with E-state index in [1.54, 1.807) is 6.07 Å². The zero-order valence-electron chi connectivity index (χ0n) is 16.2. The number of hydrogen-bond acceptors (Lipinski definition) is 1. The Morgan fingerprint density at radius 2 is 0.935 bits per heavy atom.